The van der Waals surface area contributed by atoms with Gasteiger partial charge in [-0.15, -0.1) is 0 Å². The van der Waals surface area contributed by atoms with Crippen molar-refractivity contribution in [1.29, 1.82) is 0 Å². The van der Waals surface area contributed by atoms with Gasteiger partial charge in [-0.1, -0.05) is 61.2 Å². The number of rotatable bonds is 7. The van der Waals surface area contributed by atoms with Crippen molar-refractivity contribution < 1.29 is 22.6 Å². The maximum Gasteiger partial charge on any atom is 0.166 e. The Hall–Kier alpha value is -2.89. The summed E-state index contributed by atoms with van der Waals surface area (Å²) in [5.74, 6) is -1.91. The third-order valence-electron chi connectivity index (χ3n) is 6.94. The summed E-state index contributed by atoms with van der Waals surface area (Å²) in [6.45, 7) is 4.56. The molecule has 0 spiro atoms. The van der Waals surface area contributed by atoms with Gasteiger partial charge in [-0.05, 0) is 59.9 Å². The summed E-state index contributed by atoms with van der Waals surface area (Å²) in [5.41, 5.74) is 3.62. The zero-order chi connectivity index (χ0) is 23.7. The van der Waals surface area contributed by atoms with Crippen LogP contribution in [0.1, 0.15) is 60.0 Å². The van der Waals surface area contributed by atoms with E-state index >= 15 is 4.39 Å². The molecule has 1 aliphatic carbocycles. The Morgan fingerprint density at radius 3 is 2.29 bits per heavy atom. The molecule has 5 heteroatoms. The molecule has 3 aromatic carbocycles. The first kappa shape index (κ1) is 22.9. The smallest absolute Gasteiger partial charge is 0.166 e. The summed E-state index contributed by atoms with van der Waals surface area (Å²) in [6.07, 6.45) is 4.58. The molecule has 1 unspecified atom stereocenters. The molecule has 1 saturated heterocycles. The molecule has 176 valence electrons. The molecule has 2 nitrogen and oxygen atoms in total. The summed E-state index contributed by atoms with van der Waals surface area (Å²) in [4.78, 5) is 0. The number of epoxide rings is 1. The lowest BCUT2D eigenvalue weighted by Crippen LogP contribution is -2.21. The Morgan fingerprint density at radius 2 is 1.65 bits per heavy atom. The van der Waals surface area contributed by atoms with Crippen molar-refractivity contribution in [2.24, 2.45) is 0 Å². The second-order valence-electron chi connectivity index (χ2n) is 9.11. The largest absolute Gasteiger partial charge is 0.373 e. The third kappa shape index (κ3) is 4.82. The van der Waals surface area contributed by atoms with Crippen molar-refractivity contribution >= 4 is 6.08 Å². The average Bonchev–Trinajstić information content (AvgIpc) is 3.71. The van der Waals surface area contributed by atoms with Crippen LogP contribution >= 0.6 is 0 Å². The van der Waals surface area contributed by atoms with Crippen LogP contribution in [-0.4, -0.2) is 12.7 Å². The number of hydrogen-bond donors (Lipinski definition) is 0. The Bertz CT molecular complexity index is 1180. The molecular formula is C29H27F3O2. The fourth-order valence-electron chi connectivity index (χ4n) is 4.77. The van der Waals surface area contributed by atoms with Gasteiger partial charge in [-0.25, -0.2) is 13.2 Å². The van der Waals surface area contributed by atoms with E-state index in [9.17, 15) is 8.78 Å². The fraction of sp³-hybridized carbons (Fsp3) is 0.310. The van der Waals surface area contributed by atoms with E-state index < -0.39 is 11.6 Å². The third-order valence-corrected chi connectivity index (χ3v) is 6.94. The van der Waals surface area contributed by atoms with E-state index in [1.807, 2.05) is 18.2 Å². The van der Waals surface area contributed by atoms with Gasteiger partial charge in [-0.3, -0.25) is 0 Å². The summed E-state index contributed by atoms with van der Waals surface area (Å²) in [7, 11) is 0. The van der Waals surface area contributed by atoms with Gasteiger partial charge in [0.15, 0.2) is 11.6 Å². The van der Waals surface area contributed by atoms with Gasteiger partial charge in [-0.2, -0.15) is 0 Å². The average molecular weight is 465 g/mol. The summed E-state index contributed by atoms with van der Waals surface area (Å²) < 4.78 is 55.4. The van der Waals surface area contributed by atoms with Crippen LogP contribution in [-0.2, 0) is 16.1 Å². The van der Waals surface area contributed by atoms with Crippen molar-refractivity contribution in [3.63, 3.8) is 0 Å². The van der Waals surface area contributed by atoms with E-state index in [1.165, 1.54) is 6.07 Å². The van der Waals surface area contributed by atoms with Crippen LogP contribution in [0.3, 0.4) is 0 Å². The predicted octanol–water partition coefficient (Wildman–Crippen LogP) is 7.73. The summed E-state index contributed by atoms with van der Waals surface area (Å²) in [5, 5.41) is 0. The first-order chi connectivity index (χ1) is 16.5. The highest BCUT2D eigenvalue weighted by Gasteiger charge is 2.28. The highest BCUT2D eigenvalue weighted by Crippen LogP contribution is 2.38. The lowest BCUT2D eigenvalue weighted by atomic mass is 9.82. The number of ether oxygens (including phenoxy) is 2. The molecule has 0 bridgehead atoms. The topological polar surface area (TPSA) is 21.8 Å². The molecule has 1 aliphatic heterocycles. The maximum absolute atomic E-state index is 15.0. The van der Waals surface area contributed by atoms with Crippen LogP contribution in [0.25, 0.3) is 17.2 Å². The molecule has 1 saturated carbocycles. The van der Waals surface area contributed by atoms with Gasteiger partial charge >= 0.3 is 0 Å². The molecule has 3 aromatic rings. The SMILES string of the molecule is C=Cc1ccc(-c2ccc(C3CCC(OCc4ccc(C5CO5)cc4F)CC3)c(F)c2F)cc1. The Labute approximate surface area is 198 Å². The highest BCUT2D eigenvalue weighted by molar-refractivity contribution is 5.66. The molecule has 0 radical (unpaired) electrons. The van der Waals surface area contributed by atoms with Gasteiger partial charge < -0.3 is 9.47 Å². The van der Waals surface area contributed by atoms with Crippen molar-refractivity contribution in [2.45, 2.75) is 50.4 Å². The molecule has 0 aromatic heterocycles. The van der Waals surface area contributed by atoms with Crippen LogP contribution in [0.2, 0.25) is 0 Å². The van der Waals surface area contributed by atoms with Gasteiger partial charge in [0.1, 0.15) is 11.9 Å². The predicted molar refractivity (Wildman–Crippen MR) is 127 cm³/mol. The van der Waals surface area contributed by atoms with Gasteiger partial charge in [0.05, 0.1) is 19.3 Å². The van der Waals surface area contributed by atoms with Crippen LogP contribution in [0.5, 0.6) is 0 Å². The lowest BCUT2D eigenvalue weighted by molar-refractivity contribution is 0.0118. The molecule has 0 N–H and O–H groups in total. The molecule has 0 amide bonds. The van der Waals surface area contributed by atoms with E-state index in [-0.39, 0.29) is 36.1 Å². The second-order valence-corrected chi connectivity index (χ2v) is 9.11. The minimum Gasteiger partial charge on any atom is -0.373 e. The van der Waals surface area contributed by atoms with Crippen molar-refractivity contribution in [3.8, 4) is 11.1 Å². The van der Waals surface area contributed by atoms with Crippen LogP contribution in [0.15, 0.2) is 61.2 Å². The lowest BCUT2D eigenvalue weighted by Gasteiger charge is -2.29. The van der Waals surface area contributed by atoms with Gasteiger partial charge in [0, 0.05) is 11.1 Å². The van der Waals surface area contributed by atoms with Crippen LogP contribution < -0.4 is 0 Å². The molecule has 5 rings (SSSR count). The first-order valence-corrected chi connectivity index (χ1v) is 11.8. The Morgan fingerprint density at radius 1 is 0.912 bits per heavy atom. The zero-order valence-corrected chi connectivity index (χ0v) is 18.9. The van der Waals surface area contributed by atoms with E-state index in [2.05, 4.69) is 6.58 Å². The van der Waals surface area contributed by atoms with Gasteiger partial charge in [0.25, 0.3) is 0 Å². The van der Waals surface area contributed by atoms with Crippen molar-refractivity contribution in [1.82, 2.24) is 0 Å². The number of hydrogen-bond acceptors (Lipinski definition) is 2. The van der Waals surface area contributed by atoms with Crippen molar-refractivity contribution in [2.75, 3.05) is 6.61 Å². The maximum atomic E-state index is 15.0. The minimum atomic E-state index is -0.808. The zero-order valence-electron chi connectivity index (χ0n) is 18.9. The molecule has 1 heterocycles. The van der Waals surface area contributed by atoms with Crippen LogP contribution in [0, 0.1) is 17.5 Å². The van der Waals surface area contributed by atoms with E-state index in [1.54, 1.807) is 36.4 Å². The number of halogens is 3. The van der Waals surface area contributed by atoms with E-state index in [0.29, 0.717) is 36.1 Å². The normalized spacial score (nSPS) is 21.9. The fourth-order valence-corrected chi connectivity index (χ4v) is 4.77. The van der Waals surface area contributed by atoms with E-state index in [0.717, 1.165) is 24.0 Å². The molecule has 34 heavy (non-hydrogen) atoms. The summed E-state index contributed by atoms with van der Waals surface area (Å²) in [6, 6.07) is 15.7. The number of benzene rings is 3. The Kier molecular flexibility index (Phi) is 6.57. The quantitative estimate of drug-likeness (QED) is 0.334. The second kappa shape index (κ2) is 9.77. The molecule has 1 atom stereocenters. The van der Waals surface area contributed by atoms with Gasteiger partial charge in [0.2, 0.25) is 0 Å². The van der Waals surface area contributed by atoms with E-state index in [4.69, 9.17) is 9.47 Å². The standard InChI is InChI=1S/C29H27F3O2/c1-2-18-3-5-19(6-4-18)24-13-14-25(29(32)28(24)31)20-9-11-23(12-10-20)33-16-22-8-7-21(15-26(22)30)27-17-34-27/h2-8,13-15,20,23,27H,1,9-12,16-17H2. The van der Waals surface area contributed by atoms with Crippen LogP contribution in [0.4, 0.5) is 13.2 Å². The first-order valence-electron chi connectivity index (χ1n) is 11.8. The molecule has 2 fully saturated rings. The molecular weight excluding hydrogens is 437 g/mol. The highest BCUT2D eigenvalue weighted by atomic mass is 19.2. The monoisotopic (exact) mass is 464 g/mol. The summed E-state index contributed by atoms with van der Waals surface area (Å²) >= 11 is 0. The van der Waals surface area contributed by atoms with Crippen molar-refractivity contribution in [3.05, 3.63) is 101 Å². The minimum absolute atomic E-state index is 0.0161. The molecule has 2 aliphatic rings. The Balaban J connectivity index is 1.19.